The van der Waals surface area contributed by atoms with Crippen LogP contribution in [0.3, 0.4) is 0 Å². The van der Waals surface area contributed by atoms with E-state index in [9.17, 15) is 13.2 Å². The lowest BCUT2D eigenvalue weighted by Crippen LogP contribution is -2.25. The van der Waals surface area contributed by atoms with Crippen LogP contribution >= 0.6 is 0 Å². The largest absolute Gasteiger partial charge is 0.382 e. The summed E-state index contributed by atoms with van der Waals surface area (Å²) in [6.45, 7) is 4.08. The van der Waals surface area contributed by atoms with Gasteiger partial charge >= 0.3 is 0 Å². The fourth-order valence-corrected chi connectivity index (χ4v) is 1.69. The number of nitrogens with one attached hydrogen (secondary N) is 1. The van der Waals surface area contributed by atoms with Crippen LogP contribution in [-0.2, 0) is 0 Å². The summed E-state index contributed by atoms with van der Waals surface area (Å²) >= 11 is 0. The first-order valence-electron chi connectivity index (χ1n) is 5.33. The highest BCUT2D eigenvalue weighted by Crippen LogP contribution is 2.48. The standard InChI is InChI=1S/C12H14F3N/c1-7(12(2)3-4-12)16-8-5-9(13)11(15)10(14)6-8/h5-7,16H,3-4H2,1-2H3. The number of hydrogen-bond donors (Lipinski definition) is 1. The molecule has 1 atom stereocenters. The van der Waals surface area contributed by atoms with Gasteiger partial charge in [-0.25, -0.2) is 13.2 Å². The van der Waals surface area contributed by atoms with Gasteiger partial charge in [-0.1, -0.05) is 6.92 Å². The summed E-state index contributed by atoms with van der Waals surface area (Å²) in [5, 5.41) is 3.01. The van der Waals surface area contributed by atoms with Gasteiger partial charge in [0.05, 0.1) is 0 Å². The van der Waals surface area contributed by atoms with Gasteiger partial charge in [0, 0.05) is 23.9 Å². The van der Waals surface area contributed by atoms with Crippen LogP contribution < -0.4 is 5.32 Å². The zero-order valence-electron chi connectivity index (χ0n) is 9.28. The van der Waals surface area contributed by atoms with Crippen LogP contribution in [0.25, 0.3) is 0 Å². The first-order valence-corrected chi connectivity index (χ1v) is 5.33. The molecule has 2 rings (SSSR count). The lowest BCUT2D eigenvalue weighted by Gasteiger charge is -2.21. The minimum Gasteiger partial charge on any atom is -0.382 e. The molecule has 0 aliphatic heterocycles. The number of rotatable bonds is 3. The molecule has 1 aliphatic rings. The third kappa shape index (κ3) is 2.01. The van der Waals surface area contributed by atoms with Gasteiger partial charge in [-0.15, -0.1) is 0 Å². The van der Waals surface area contributed by atoms with Crippen LogP contribution in [-0.4, -0.2) is 6.04 Å². The molecular formula is C12H14F3N. The molecule has 88 valence electrons. The highest BCUT2D eigenvalue weighted by Gasteiger charge is 2.42. The zero-order chi connectivity index (χ0) is 11.9. The summed E-state index contributed by atoms with van der Waals surface area (Å²) in [4.78, 5) is 0. The summed E-state index contributed by atoms with van der Waals surface area (Å²) in [6.07, 6.45) is 2.21. The summed E-state index contributed by atoms with van der Waals surface area (Å²) in [5.41, 5.74) is 0.485. The van der Waals surface area contributed by atoms with Gasteiger partial charge in [-0.05, 0) is 25.2 Å². The van der Waals surface area contributed by atoms with Gasteiger partial charge in [-0.3, -0.25) is 0 Å². The highest BCUT2D eigenvalue weighted by molar-refractivity contribution is 5.45. The van der Waals surface area contributed by atoms with Crippen LogP contribution in [0.4, 0.5) is 18.9 Å². The molecule has 4 heteroatoms. The van der Waals surface area contributed by atoms with Gasteiger partial charge < -0.3 is 5.32 Å². The van der Waals surface area contributed by atoms with Crippen LogP contribution in [0.15, 0.2) is 12.1 Å². The molecule has 16 heavy (non-hydrogen) atoms. The van der Waals surface area contributed by atoms with E-state index in [1.807, 2.05) is 6.92 Å². The summed E-state index contributed by atoms with van der Waals surface area (Å²) in [6, 6.07) is 2.10. The van der Waals surface area contributed by atoms with E-state index in [0.29, 0.717) is 0 Å². The van der Waals surface area contributed by atoms with Gasteiger partial charge in [-0.2, -0.15) is 0 Å². The summed E-state index contributed by atoms with van der Waals surface area (Å²) in [7, 11) is 0. The zero-order valence-corrected chi connectivity index (χ0v) is 9.28. The molecule has 0 amide bonds. The van der Waals surface area contributed by atoms with E-state index >= 15 is 0 Å². The Morgan fingerprint density at radius 1 is 1.19 bits per heavy atom. The minimum absolute atomic E-state index is 0.122. The number of halogens is 3. The molecule has 1 nitrogen and oxygen atoms in total. The van der Waals surface area contributed by atoms with Crippen LogP contribution in [0.1, 0.15) is 26.7 Å². The molecule has 1 fully saturated rings. The van der Waals surface area contributed by atoms with E-state index in [1.165, 1.54) is 0 Å². The average Bonchev–Trinajstić information content (AvgIpc) is 2.94. The molecule has 1 saturated carbocycles. The Labute approximate surface area is 92.7 Å². The predicted molar refractivity (Wildman–Crippen MR) is 56.7 cm³/mol. The van der Waals surface area contributed by atoms with Crippen molar-refractivity contribution < 1.29 is 13.2 Å². The van der Waals surface area contributed by atoms with Gasteiger partial charge in [0.15, 0.2) is 17.5 Å². The highest BCUT2D eigenvalue weighted by atomic mass is 19.2. The SMILES string of the molecule is CC(Nc1cc(F)c(F)c(F)c1)C1(C)CC1. The van der Waals surface area contributed by atoms with E-state index < -0.39 is 17.5 Å². The van der Waals surface area contributed by atoms with E-state index in [1.54, 1.807) is 0 Å². The van der Waals surface area contributed by atoms with Crippen molar-refractivity contribution in [2.24, 2.45) is 5.41 Å². The quantitative estimate of drug-likeness (QED) is 0.779. The third-order valence-electron chi connectivity index (χ3n) is 3.45. The number of hydrogen-bond acceptors (Lipinski definition) is 1. The Kier molecular flexibility index (Phi) is 2.60. The Morgan fingerprint density at radius 2 is 1.69 bits per heavy atom. The molecule has 0 radical (unpaired) electrons. The van der Waals surface area contributed by atoms with Gasteiger partial charge in [0.2, 0.25) is 0 Å². The van der Waals surface area contributed by atoms with E-state index in [-0.39, 0.29) is 17.1 Å². The molecule has 1 N–H and O–H groups in total. The second-order valence-corrected chi connectivity index (χ2v) is 4.77. The van der Waals surface area contributed by atoms with Crippen molar-refractivity contribution in [1.82, 2.24) is 0 Å². The maximum absolute atomic E-state index is 12.9. The fourth-order valence-electron chi connectivity index (χ4n) is 1.69. The van der Waals surface area contributed by atoms with Crippen molar-refractivity contribution in [3.05, 3.63) is 29.6 Å². The Bertz CT molecular complexity index is 390. The average molecular weight is 229 g/mol. The summed E-state index contributed by atoms with van der Waals surface area (Å²) in [5.74, 6) is -3.73. The predicted octanol–water partition coefficient (Wildman–Crippen LogP) is 3.70. The molecule has 0 heterocycles. The van der Waals surface area contributed by atoms with Gasteiger partial charge in [0.25, 0.3) is 0 Å². The molecule has 0 spiro atoms. The van der Waals surface area contributed by atoms with E-state index in [2.05, 4.69) is 12.2 Å². The van der Waals surface area contributed by atoms with E-state index in [0.717, 1.165) is 25.0 Å². The van der Waals surface area contributed by atoms with Gasteiger partial charge in [0.1, 0.15) is 0 Å². The minimum atomic E-state index is -1.42. The van der Waals surface area contributed by atoms with Crippen LogP contribution in [0.5, 0.6) is 0 Å². The monoisotopic (exact) mass is 229 g/mol. The molecular weight excluding hydrogens is 215 g/mol. The topological polar surface area (TPSA) is 12.0 Å². The van der Waals surface area contributed by atoms with Crippen LogP contribution in [0.2, 0.25) is 0 Å². The molecule has 0 bridgehead atoms. The molecule has 1 unspecified atom stereocenters. The van der Waals surface area contributed by atoms with E-state index in [4.69, 9.17) is 0 Å². The molecule has 0 saturated heterocycles. The van der Waals surface area contributed by atoms with Crippen molar-refractivity contribution >= 4 is 5.69 Å². The number of anilines is 1. The van der Waals surface area contributed by atoms with Crippen molar-refractivity contribution in [2.75, 3.05) is 5.32 Å². The smallest absolute Gasteiger partial charge is 0.194 e. The number of benzene rings is 1. The lowest BCUT2D eigenvalue weighted by atomic mass is 10.0. The second-order valence-electron chi connectivity index (χ2n) is 4.77. The van der Waals surface area contributed by atoms with Crippen molar-refractivity contribution in [3.8, 4) is 0 Å². The first-order chi connectivity index (χ1) is 7.42. The third-order valence-corrected chi connectivity index (χ3v) is 3.45. The molecule has 0 aromatic heterocycles. The molecule has 1 aromatic carbocycles. The first kappa shape index (κ1) is 11.3. The lowest BCUT2D eigenvalue weighted by molar-refractivity contribution is 0.446. The Morgan fingerprint density at radius 3 is 2.12 bits per heavy atom. The Balaban J connectivity index is 2.16. The maximum Gasteiger partial charge on any atom is 0.194 e. The fraction of sp³-hybridized carbons (Fsp3) is 0.500. The molecule has 1 aromatic rings. The second kappa shape index (κ2) is 3.68. The summed E-state index contributed by atoms with van der Waals surface area (Å²) < 4.78 is 38.6. The van der Waals surface area contributed by atoms with Crippen LogP contribution in [0, 0.1) is 22.9 Å². The van der Waals surface area contributed by atoms with Crippen molar-refractivity contribution in [3.63, 3.8) is 0 Å². The maximum atomic E-state index is 12.9. The molecule has 1 aliphatic carbocycles. The van der Waals surface area contributed by atoms with Crippen molar-refractivity contribution in [2.45, 2.75) is 32.7 Å². The Hall–Kier alpha value is -1.19. The normalized spacial score (nSPS) is 19.3. The van der Waals surface area contributed by atoms with Crippen molar-refractivity contribution in [1.29, 1.82) is 0 Å².